The summed E-state index contributed by atoms with van der Waals surface area (Å²) < 4.78 is 42.2. The number of hydrogen-bond donors (Lipinski definition) is 2. The number of aromatic nitrogens is 1. The fourth-order valence-electron chi connectivity index (χ4n) is 4.10. The highest BCUT2D eigenvalue weighted by Gasteiger charge is 2.33. The van der Waals surface area contributed by atoms with E-state index in [-0.39, 0.29) is 23.8 Å². The number of carbonyl (C=O) groups is 1. The maximum atomic E-state index is 15.2. The summed E-state index contributed by atoms with van der Waals surface area (Å²) in [7, 11) is -3.35. The van der Waals surface area contributed by atoms with Crippen LogP contribution in [0, 0.1) is 5.92 Å². The predicted molar refractivity (Wildman–Crippen MR) is 107 cm³/mol. The molecule has 6 nitrogen and oxygen atoms in total. The maximum Gasteiger partial charge on any atom is 0.274 e. The van der Waals surface area contributed by atoms with E-state index in [0.717, 1.165) is 11.6 Å². The van der Waals surface area contributed by atoms with Crippen LogP contribution < -0.4 is 5.48 Å². The molecule has 1 aromatic heterocycles. The fourth-order valence-corrected chi connectivity index (χ4v) is 5.84. The van der Waals surface area contributed by atoms with Gasteiger partial charge in [0.15, 0.2) is 9.84 Å². The van der Waals surface area contributed by atoms with Crippen LogP contribution in [0.4, 0.5) is 4.39 Å². The molecule has 0 spiro atoms. The Kier molecular flexibility index (Phi) is 4.92. The van der Waals surface area contributed by atoms with E-state index in [1.807, 2.05) is 23.6 Å². The number of nitrogens with one attached hydrogen (secondary N) is 1. The van der Waals surface area contributed by atoms with Crippen molar-refractivity contribution < 1.29 is 22.8 Å². The molecule has 1 amide bonds. The van der Waals surface area contributed by atoms with Gasteiger partial charge in [0, 0.05) is 35.1 Å². The van der Waals surface area contributed by atoms with E-state index in [4.69, 9.17) is 5.21 Å². The van der Waals surface area contributed by atoms with Gasteiger partial charge in [-0.3, -0.25) is 10.0 Å². The Balaban J connectivity index is 1.87. The van der Waals surface area contributed by atoms with Crippen LogP contribution in [0.25, 0.3) is 10.9 Å². The number of nitrogens with zero attached hydrogens (tertiary/aromatic N) is 1. The summed E-state index contributed by atoms with van der Waals surface area (Å²) in [5.41, 5.74) is 3.47. The second kappa shape index (κ2) is 7.27. The van der Waals surface area contributed by atoms with Gasteiger partial charge in [-0.05, 0) is 30.1 Å². The average molecular weight is 416 g/mol. The number of amides is 1. The molecule has 1 aliphatic carbocycles. The zero-order valence-corrected chi connectivity index (χ0v) is 16.7. The Morgan fingerprint density at radius 3 is 2.86 bits per heavy atom. The van der Waals surface area contributed by atoms with E-state index >= 15 is 4.39 Å². The number of rotatable bonds is 3. The lowest BCUT2D eigenvalue weighted by molar-refractivity contribution is -0.124. The number of benzene rings is 1. The smallest absolute Gasteiger partial charge is 0.274 e. The SMILES string of the molecule is CC1C/C=C/C(C(=O)NO)=C\C(F)=C/1Cn1c2c(c3ccccc31)S(=O)(=O)CC2. The molecule has 29 heavy (non-hydrogen) atoms. The molecule has 152 valence electrons. The molecule has 1 aromatic carbocycles. The molecule has 0 radical (unpaired) electrons. The zero-order valence-electron chi connectivity index (χ0n) is 15.9. The summed E-state index contributed by atoms with van der Waals surface area (Å²) in [6.07, 6.45) is 5.26. The lowest BCUT2D eigenvalue weighted by Crippen LogP contribution is -2.20. The fraction of sp³-hybridized carbons (Fsp3) is 0.286. The third-order valence-corrected chi connectivity index (χ3v) is 7.43. The first-order chi connectivity index (χ1) is 13.8. The highest BCUT2D eigenvalue weighted by Crippen LogP contribution is 2.38. The van der Waals surface area contributed by atoms with Crippen LogP contribution in [0.5, 0.6) is 0 Å². The predicted octanol–water partition coefficient (Wildman–Crippen LogP) is 3.22. The normalized spacial score (nSPS) is 26.3. The third-order valence-electron chi connectivity index (χ3n) is 5.61. The van der Waals surface area contributed by atoms with Gasteiger partial charge in [-0.1, -0.05) is 37.3 Å². The maximum absolute atomic E-state index is 15.2. The molecule has 0 fully saturated rings. The zero-order chi connectivity index (χ0) is 20.8. The van der Waals surface area contributed by atoms with Crippen molar-refractivity contribution in [2.24, 2.45) is 5.92 Å². The second-order valence-corrected chi connectivity index (χ2v) is 9.45. The summed E-state index contributed by atoms with van der Waals surface area (Å²) >= 11 is 0. The Bertz CT molecular complexity index is 1200. The number of para-hydroxylation sites is 1. The van der Waals surface area contributed by atoms with Crippen molar-refractivity contribution in [3.63, 3.8) is 0 Å². The quantitative estimate of drug-likeness (QED) is 0.594. The molecular weight excluding hydrogens is 395 g/mol. The van der Waals surface area contributed by atoms with Crippen molar-refractivity contribution in [1.29, 1.82) is 0 Å². The van der Waals surface area contributed by atoms with Gasteiger partial charge in [0.2, 0.25) is 0 Å². The van der Waals surface area contributed by atoms with E-state index in [1.165, 1.54) is 11.6 Å². The Morgan fingerprint density at radius 2 is 2.10 bits per heavy atom. The largest absolute Gasteiger partial charge is 0.339 e. The minimum Gasteiger partial charge on any atom is -0.339 e. The first-order valence-corrected chi connectivity index (χ1v) is 11.0. The monoisotopic (exact) mass is 416 g/mol. The van der Waals surface area contributed by atoms with Gasteiger partial charge in [-0.2, -0.15) is 0 Å². The minimum absolute atomic E-state index is 0.0135. The lowest BCUT2D eigenvalue weighted by Gasteiger charge is -2.20. The van der Waals surface area contributed by atoms with Gasteiger partial charge in [0.1, 0.15) is 5.83 Å². The van der Waals surface area contributed by atoms with E-state index < -0.39 is 21.6 Å². The summed E-state index contributed by atoms with van der Waals surface area (Å²) in [4.78, 5) is 12.1. The molecule has 2 N–H and O–H groups in total. The molecule has 0 bridgehead atoms. The second-order valence-electron chi connectivity index (χ2n) is 7.40. The van der Waals surface area contributed by atoms with Crippen LogP contribution in [0.3, 0.4) is 0 Å². The number of hydrogen-bond acceptors (Lipinski definition) is 4. The molecule has 2 aromatic rings. The molecule has 1 unspecified atom stereocenters. The van der Waals surface area contributed by atoms with E-state index in [2.05, 4.69) is 0 Å². The van der Waals surface area contributed by atoms with Gasteiger partial charge >= 0.3 is 0 Å². The number of allylic oxidation sites excluding steroid dienone is 4. The van der Waals surface area contributed by atoms with Crippen LogP contribution in [-0.4, -0.2) is 29.9 Å². The summed E-state index contributed by atoms with van der Waals surface area (Å²) in [6, 6.07) is 7.26. The van der Waals surface area contributed by atoms with E-state index in [0.29, 0.717) is 34.4 Å². The summed E-state index contributed by atoms with van der Waals surface area (Å²) in [6.45, 7) is 2.09. The topological polar surface area (TPSA) is 88.4 Å². The first kappa shape index (κ1) is 19.6. The first-order valence-electron chi connectivity index (χ1n) is 9.37. The van der Waals surface area contributed by atoms with Crippen molar-refractivity contribution in [2.75, 3.05) is 5.75 Å². The number of halogens is 1. The highest BCUT2D eigenvalue weighted by molar-refractivity contribution is 7.92. The summed E-state index contributed by atoms with van der Waals surface area (Å²) in [5.74, 6) is -1.42. The molecule has 0 saturated heterocycles. The molecule has 1 aliphatic heterocycles. The number of fused-ring (bicyclic) bond motifs is 3. The molecule has 0 saturated carbocycles. The van der Waals surface area contributed by atoms with E-state index in [1.54, 1.807) is 18.2 Å². The van der Waals surface area contributed by atoms with Crippen molar-refractivity contribution in [3.8, 4) is 0 Å². The summed E-state index contributed by atoms with van der Waals surface area (Å²) in [5, 5.41) is 9.52. The van der Waals surface area contributed by atoms with Crippen molar-refractivity contribution in [3.05, 3.63) is 65.2 Å². The van der Waals surface area contributed by atoms with Crippen LogP contribution in [0.2, 0.25) is 0 Å². The molecular formula is C21H21FN2O4S. The average Bonchev–Trinajstić information content (AvgIpc) is 3.18. The third kappa shape index (κ3) is 3.32. The molecule has 2 heterocycles. The van der Waals surface area contributed by atoms with Gasteiger partial charge < -0.3 is 4.57 Å². The van der Waals surface area contributed by atoms with Crippen LogP contribution in [0.1, 0.15) is 19.0 Å². The Morgan fingerprint density at radius 1 is 1.34 bits per heavy atom. The van der Waals surface area contributed by atoms with Crippen LogP contribution in [-0.2, 0) is 27.6 Å². The Hall–Kier alpha value is -2.71. The van der Waals surface area contributed by atoms with Crippen LogP contribution in [0.15, 0.2) is 64.4 Å². The van der Waals surface area contributed by atoms with Gasteiger partial charge in [0.25, 0.3) is 5.91 Å². The van der Waals surface area contributed by atoms with Crippen LogP contribution >= 0.6 is 0 Å². The van der Waals surface area contributed by atoms with Crippen molar-refractivity contribution in [2.45, 2.75) is 31.2 Å². The van der Waals surface area contributed by atoms with Gasteiger partial charge in [0.05, 0.1) is 10.6 Å². The molecule has 4 rings (SSSR count). The van der Waals surface area contributed by atoms with Gasteiger partial charge in [-0.25, -0.2) is 18.3 Å². The van der Waals surface area contributed by atoms with Crippen molar-refractivity contribution >= 4 is 26.6 Å². The lowest BCUT2D eigenvalue weighted by atomic mass is 9.93. The highest BCUT2D eigenvalue weighted by atomic mass is 32.2. The number of sulfone groups is 1. The molecule has 8 heteroatoms. The number of hydroxylamine groups is 1. The minimum atomic E-state index is -3.35. The van der Waals surface area contributed by atoms with Gasteiger partial charge in [-0.15, -0.1) is 0 Å². The molecule has 1 atom stereocenters. The van der Waals surface area contributed by atoms with Crippen molar-refractivity contribution in [1.82, 2.24) is 10.0 Å². The number of carbonyl (C=O) groups excluding carboxylic acids is 1. The molecule has 2 aliphatic rings. The Labute approximate surface area is 167 Å². The standard InChI is InChI=1S/C21H21FN2O4S/c1-13-5-4-6-14(21(25)23-26)11-17(22)16(13)12-24-18-8-3-2-7-15(18)20-19(24)9-10-29(20,27)28/h2-4,6-8,11,13,26H,5,9-10,12H2,1H3,(H,23,25)/b6-4+,14-11+,17-16+. The van der Waals surface area contributed by atoms with E-state index in [9.17, 15) is 13.2 Å².